The number of anilines is 2. The van der Waals surface area contributed by atoms with Crippen molar-refractivity contribution < 1.29 is 4.74 Å². The molecule has 3 N–H and O–H groups in total. The summed E-state index contributed by atoms with van der Waals surface area (Å²) >= 11 is 2.29. The molecule has 0 aromatic heterocycles. The average molecular weight is 352 g/mol. The summed E-state index contributed by atoms with van der Waals surface area (Å²) in [4.78, 5) is 0. The average Bonchev–Trinajstić information content (AvgIpc) is 2.76. The molecule has 0 radical (unpaired) electrons. The monoisotopic (exact) mass is 352 g/mol. The lowest BCUT2D eigenvalue weighted by molar-refractivity contribution is 0.340. The van der Waals surface area contributed by atoms with Gasteiger partial charge in [0.1, 0.15) is 12.4 Å². The smallest absolute Gasteiger partial charge is 0.124 e. The summed E-state index contributed by atoms with van der Waals surface area (Å²) in [6, 6.07) is 14.2. The van der Waals surface area contributed by atoms with Crippen molar-refractivity contribution in [2.45, 2.75) is 6.04 Å². The summed E-state index contributed by atoms with van der Waals surface area (Å²) in [5.41, 5.74) is 8.85. The highest BCUT2D eigenvalue weighted by molar-refractivity contribution is 14.1. The van der Waals surface area contributed by atoms with Gasteiger partial charge in [-0.1, -0.05) is 18.2 Å². The summed E-state index contributed by atoms with van der Waals surface area (Å²) in [5.74, 6) is 0.973. The zero-order chi connectivity index (χ0) is 12.5. The molecule has 3 rings (SSSR count). The molecule has 0 saturated carbocycles. The molecular formula is C14H13IN2O. The Morgan fingerprint density at radius 1 is 1.22 bits per heavy atom. The maximum atomic E-state index is 5.75. The number of ether oxygens (including phenoxy) is 1. The van der Waals surface area contributed by atoms with Crippen LogP contribution in [-0.2, 0) is 0 Å². The first-order valence-electron chi connectivity index (χ1n) is 5.77. The number of benzene rings is 2. The van der Waals surface area contributed by atoms with Crippen LogP contribution in [0.15, 0.2) is 42.5 Å². The lowest BCUT2D eigenvalue weighted by Gasteiger charge is -2.15. The number of nitrogen functional groups attached to an aromatic ring is 1. The van der Waals surface area contributed by atoms with E-state index in [-0.39, 0.29) is 6.04 Å². The third kappa shape index (κ3) is 2.12. The molecule has 1 unspecified atom stereocenters. The highest BCUT2D eigenvalue weighted by Gasteiger charge is 2.23. The van der Waals surface area contributed by atoms with Crippen LogP contribution in [-0.4, -0.2) is 6.61 Å². The van der Waals surface area contributed by atoms with E-state index in [2.05, 4.69) is 34.0 Å². The summed E-state index contributed by atoms with van der Waals surface area (Å²) in [5, 5.41) is 3.50. The molecule has 0 fully saturated rings. The lowest BCUT2D eigenvalue weighted by atomic mass is 10.1. The van der Waals surface area contributed by atoms with Crippen molar-refractivity contribution in [2.24, 2.45) is 0 Å². The van der Waals surface area contributed by atoms with Gasteiger partial charge in [0, 0.05) is 20.5 Å². The van der Waals surface area contributed by atoms with Crippen LogP contribution in [0.5, 0.6) is 5.75 Å². The fourth-order valence-electron chi connectivity index (χ4n) is 2.12. The second kappa shape index (κ2) is 4.68. The first-order chi connectivity index (χ1) is 8.74. The zero-order valence-corrected chi connectivity index (χ0v) is 11.8. The minimum Gasteiger partial charge on any atom is -0.491 e. The van der Waals surface area contributed by atoms with Crippen LogP contribution in [0.3, 0.4) is 0 Å². The fourth-order valence-corrected chi connectivity index (χ4v) is 2.81. The number of nitrogens with one attached hydrogen (secondary N) is 1. The van der Waals surface area contributed by atoms with E-state index in [4.69, 9.17) is 10.5 Å². The predicted octanol–water partition coefficient (Wildman–Crippen LogP) is 3.42. The molecule has 1 aliphatic rings. The Kier molecular flexibility index (Phi) is 3.03. The third-order valence-electron chi connectivity index (χ3n) is 3.02. The molecule has 0 aliphatic carbocycles. The minimum absolute atomic E-state index is 0.207. The second-order valence-corrected chi connectivity index (χ2v) is 5.45. The van der Waals surface area contributed by atoms with Crippen molar-refractivity contribution in [2.75, 3.05) is 17.7 Å². The van der Waals surface area contributed by atoms with E-state index in [1.807, 2.05) is 36.4 Å². The van der Waals surface area contributed by atoms with E-state index in [0.717, 1.165) is 20.7 Å². The quantitative estimate of drug-likeness (QED) is 0.643. The number of rotatable bonds is 2. The Morgan fingerprint density at radius 3 is 2.89 bits per heavy atom. The number of hydrogen-bond acceptors (Lipinski definition) is 3. The summed E-state index contributed by atoms with van der Waals surface area (Å²) in [6.45, 7) is 0.666. The molecule has 4 heteroatoms. The number of hydrogen-bond donors (Lipinski definition) is 2. The van der Waals surface area contributed by atoms with E-state index >= 15 is 0 Å². The standard InChI is InChI=1S/C14H13IN2O/c15-11-7-9(16)5-6-12(11)17-13-8-18-14-4-2-1-3-10(13)14/h1-7,13,17H,8,16H2. The van der Waals surface area contributed by atoms with Crippen molar-refractivity contribution in [3.63, 3.8) is 0 Å². The van der Waals surface area contributed by atoms with Gasteiger partial charge >= 0.3 is 0 Å². The van der Waals surface area contributed by atoms with Gasteiger partial charge in [-0.05, 0) is 46.9 Å². The summed E-state index contributed by atoms with van der Waals surface area (Å²) < 4.78 is 6.78. The van der Waals surface area contributed by atoms with Gasteiger partial charge in [-0.3, -0.25) is 0 Å². The third-order valence-corrected chi connectivity index (χ3v) is 3.92. The molecule has 0 amide bonds. The number of para-hydroxylation sites is 1. The molecular weight excluding hydrogens is 339 g/mol. The van der Waals surface area contributed by atoms with E-state index in [1.54, 1.807) is 0 Å². The Hall–Kier alpha value is -1.43. The van der Waals surface area contributed by atoms with Gasteiger partial charge in [-0.2, -0.15) is 0 Å². The molecule has 92 valence electrons. The van der Waals surface area contributed by atoms with Crippen molar-refractivity contribution in [1.82, 2.24) is 0 Å². The molecule has 18 heavy (non-hydrogen) atoms. The highest BCUT2D eigenvalue weighted by Crippen LogP contribution is 2.35. The van der Waals surface area contributed by atoms with E-state index < -0.39 is 0 Å². The molecule has 1 heterocycles. The van der Waals surface area contributed by atoms with Crippen LogP contribution in [0.4, 0.5) is 11.4 Å². The molecule has 3 nitrogen and oxygen atoms in total. The summed E-state index contributed by atoms with van der Waals surface area (Å²) in [7, 11) is 0. The van der Waals surface area contributed by atoms with Crippen LogP contribution < -0.4 is 15.8 Å². The predicted molar refractivity (Wildman–Crippen MR) is 81.9 cm³/mol. The molecule has 1 atom stereocenters. The first-order valence-corrected chi connectivity index (χ1v) is 6.85. The minimum atomic E-state index is 0.207. The molecule has 2 aromatic rings. The highest BCUT2D eigenvalue weighted by atomic mass is 127. The van der Waals surface area contributed by atoms with Crippen LogP contribution in [0.25, 0.3) is 0 Å². The van der Waals surface area contributed by atoms with Crippen molar-refractivity contribution in [1.29, 1.82) is 0 Å². The lowest BCUT2D eigenvalue weighted by Crippen LogP contribution is -2.12. The summed E-state index contributed by atoms with van der Waals surface area (Å²) in [6.07, 6.45) is 0. The maximum Gasteiger partial charge on any atom is 0.124 e. The van der Waals surface area contributed by atoms with Gasteiger partial charge in [-0.25, -0.2) is 0 Å². The van der Waals surface area contributed by atoms with Crippen LogP contribution >= 0.6 is 22.6 Å². The Bertz CT molecular complexity index is 586. The van der Waals surface area contributed by atoms with Gasteiger partial charge in [0.25, 0.3) is 0 Å². The van der Waals surface area contributed by atoms with Crippen molar-refractivity contribution >= 4 is 34.0 Å². The fraction of sp³-hybridized carbons (Fsp3) is 0.143. The molecule has 0 spiro atoms. The molecule has 0 bridgehead atoms. The number of fused-ring (bicyclic) bond motifs is 1. The van der Waals surface area contributed by atoms with E-state index in [0.29, 0.717) is 6.61 Å². The number of nitrogens with two attached hydrogens (primary N) is 1. The normalized spacial score (nSPS) is 17.1. The van der Waals surface area contributed by atoms with Gasteiger partial charge < -0.3 is 15.8 Å². The van der Waals surface area contributed by atoms with Gasteiger partial charge in [0.2, 0.25) is 0 Å². The van der Waals surface area contributed by atoms with Gasteiger partial charge in [0.15, 0.2) is 0 Å². The maximum absolute atomic E-state index is 5.75. The molecule has 2 aromatic carbocycles. The van der Waals surface area contributed by atoms with Crippen LogP contribution in [0, 0.1) is 3.57 Å². The van der Waals surface area contributed by atoms with Crippen molar-refractivity contribution in [3.05, 3.63) is 51.6 Å². The van der Waals surface area contributed by atoms with Crippen molar-refractivity contribution in [3.8, 4) is 5.75 Å². The Labute approximate surface area is 119 Å². The van der Waals surface area contributed by atoms with Crippen LogP contribution in [0.2, 0.25) is 0 Å². The largest absolute Gasteiger partial charge is 0.491 e. The van der Waals surface area contributed by atoms with E-state index in [1.165, 1.54) is 5.56 Å². The van der Waals surface area contributed by atoms with Crippen LogP contribution in [0.1, 0.15) is 11.6 Å². The topological polar surface area (TPSA) is 47.3 Å². The second-order valence-electron chi connectivity index (χ2n) is 4.29. The molecule has 1 aliphatic heterocycles. The SMILES string of the molecule is Nc1ccc(NC2COc3ccccc32)c(I)c1. The Morgan fingerprint density at radius 2 is 2.06 bits per heavy atom. The van der Waals surface area contributed by atoms with Gasteiger partial charge in [0.05, 0.1) is 6.04 Å². The first kappa shape index (κ1) is 11.6. The number of halogens is 1. The van der Waals surface area contributed by atoms with Gasteiger partial charge in [-0.15, -0.1) is 0 Å². The molecule has 0 saturated heterocycles. The van der Waals surface area contributed by atoms with E-state index in [9.17, 15) is 0 Å². The zero-order valence-electron chi connectivity index (χ0n) is 9.69. The Balaban J connectivity index is 1.86.